The number of benzene rings is 1. The van der Waals surface area contributed by atoms with Gasteiger partial charge in [-0.25, -0.2) is 13.4 Å². The Balaban J connectivity index is 0.00000289. The first-order valence-corrected chi connectivity index (χ1v) is 13.1. The second-order valence-electron chi connectivity index (χ2n) is 9.40. The van der Waals surface area contributed by atoms with Crippen LogP contribution in [-0.2, 0) is 21.3 Å². The number of rotatable bonds is 5. The highest BCUT2D eigenvalue weighted by molar-refractivity contribution is 14.0. The van der Waals surface area contributed by atoms with Crippen molar-refractivity contribution in [2.75, 3.05) is 45.9 Å². The first kappa shape index (κ1) is 25.7. The minimum Gasteiger partial charge on any atom is -0.381 e. The molecule has 3 fully saturated rings. The highest BCUT2D eigenvalue weighted by Gasteiger charge is 2.42. The number of guanidine groups is 1. The summed E-state index contributed by atoms with van der Waals surface area (Å²) in [6, 6.07) is 7.24. The zero-order valence-electron chi connectivity index (χ0n) is 19.3. The van der Waals surface area contributed by atoms with E-state index >= 15 is 0 Å². The van der Waals surface area contributed by atoms with Crippen molar-refractivity contribution in [3.05, 3.63) is 29.8 Å². The van der Waals surface area contributed by atoms with Crippen LogP contribution >= 0.6 is 24.0 Å². The van der Waals surface area contributed by atoms with E-state index in [1.54, 1.807) is 16.4 Å². The molecular weight excluding hydrogens is 539 g/mol. The van der Waals surface area contributed by atoms with Crippen molar-refractivity contribution in [1.29, 1.82) is 0 Å². The van der Waals surface area contributed by atoms with Gasteiger partial charge in [0.15, 0.2) is 5.96 Å². The van der Waals surface area contributed by atoms with Crippen molar-refractivity contribution in [1.82, 2.24) is 14.5 Å². The number of likely N-dealkylation sites (tertiary alicyclic amines) is 1. The Hall–Kier alpha value is -0.910. The fraction of sp³-hybridized carbons (Fsp3) is 0.696. The first-order chi connectivity index (χ1) is 14.9. The fourth-order valence-corrected chi connectivity index (χ4v) is 6.56. The van der Waals surface area contributed by atoms with Gasteiger partial charge in [-0.05, 0) is 56.2 Å². The fourth-order valence-electron chi connectivity index (χ4n) is 4.96. The van der Waals surface area contributed by atoms with E-state index in [2.05, 4.69) is 24.1 Å². The molecular formula is C23H37IN4O3S. The largest absolute Gasteiger partial charge is 0.381 e. The van der Waals surface area contributed by atoms with E-state index in [0.717, 1.165) is 70.1 Å². The molecule has 3 aliphatic heterocycles. The molecule has 0 aliphatic carbocycles. The van der Waals surface area contributed by atoms with Gasteiger partial charge in [-0.1, -0.05) is 19.1 Å². The van der Waals surface area contributed by atoms with Crippen LogP contribution < -0.4 is 5.32 Å². The number of hydrogen-bond acceptors (Lipinski definition) is 4. The zero-order chi connectivity index (χ0) is 21.9. The molecule has 3 heterocycles. The maximum absolute atomic E-state index is 13.0. The highest BCUT2D eigenvalue weighted by Crippen LogP contribution is 2.38. The molecule has 0 radical (unpaired) electrons. The van der Waals surface area contributed by atoms with E-state index in [1.807, 2.05) is 12.1 Å². The Morgan fingerprint density at radius 2 is 2.03 bits per heavy atom. The summed E-state index contributed by atoms with van der Waals surface area (Å²) in [5.74, 6) is 1.35. The summed E-state index contributed by atoms with van der Waals surface area (Å²) in [6.07, 6.45) is 4.32. The molecule has 1 aromatic carbocycles. The molecule has 9 heteroatoms. The minimum atomic E-state index is -3.41. The van der Waals surface area contributed by atoms with Crippen LogP contribution in [0.25, 0.3) is 0 Å². The predicted octanol–water partition coefficient (Wildman–Crippen LogP) is 3.30. The van der Waals surface area contributed by atoms with Crippen LogP contribution in [-0.4, -0.2) is 69.5 Å². The lowest BCUT2D eigenvalue weighted by Crippen LogP contribution is -2.41. The van der Waals surface area contributed by atoms with Gasteiger partial charge in [0, 0.05) is 44.7 Å². The topological polar surface area (TPSA) is 74.2 Å². The molecule has 2 unspecified atom stereocenters. The SMILES string of the molecule is CCNC(=NCc1ccc(S(=O)(=O)N2CCCC(C)C2)cc1)N1CCC2(CCOC2)C1.I. The van der Waals surface area contributed by atoms with E-state index in [4.69, 9.17) is 9.73 Å². The van der Waals surface area contributed by atoms with Crippen LogP contribution in [0.5, 0.6) is 0 Å². The molecule has 7 nitrogen and oxygen atoms in total. The number of nitrogens with zero attached hydrogens (tertiary/aromatic N) is 3. The van der Waals surface area contributed by atoms with Crippen molar-refractivity contribution in [3.63, 3.8) is 0 Å². The molecule has 1 N–H and O–H groups in total. The lowest BCUT2D eigenvalue weighted by Gasteiger charge is -2.30. The number of hydrogen-bond donors (Lipinski definition) is 1. The van der Waals surface area contributed by atoms with Crippen molar-refractivity contribution >= 4 is 40.0 Å². The van der Waals surface area contributed by atoms with Crippen LogP contribution in [0.3, 0.4) is 0 Å². The van der Waals surface area contributed by atoms with Gasteiger partial charge in [0.05, 0.1) is 18.0 Å². The van der Waals surface area contributed by atoms with Crippen molar-refractivity contribution in [2.24, 2.45) is 16.3 Å². The van der Waals surface area contributed by atoms with Gasteiger partial charge < -0.3 is 15.0 Å². The van der Waals surface area contributed by atoms with Gasteiger partial charge in [0.25, 0.3) is 0 Å². The average molecular weight is 577 g/mol. The monoisotopic (exact) mass is 576 g/mol. The second kappa shape index (κ2) is 11.0. The summed E-state index contributed by atoms with van der Waals surface area (Å²) >= 11 is 0. The summed E-state index contributed by atoms with van der Waals surface area (Å²) in [7, 11) is -3.41. The Bertz CT molecular complexity index is 885. The van der Waals surface area contributed by atoms with E-state index in [1.165, 1.54) is 0 Å². The van der Waals surface area contributed by atoms with Crippen LogP contribution in [0.1, 0.15) is 45.1 Å². The van der Waals surface area contributed by atoms with Gasteiger partial charge >= 0.3 is 0 Å². The van der Waals surface area contributed by atoms with Gasteiger partial charge in [0.2, 0.25) is 10.0 Å². The summed E-state index contributed by atoms with van der Waals surface area (Å²) in [5.41, 5.74) is 1.30. The highest BCUT2D eigenvalue weighted by atomic mass is 127. The Morgan fingerprint density at radius 1 is 1.25 bits per heavy atom. The number of halogens is 1. The van der Waals surface area contributed by atoms with Crippen LogP contribution in [0, 0.1) is 11.3 Å². The second-order valence-corrected chi connectivity index (χ2v) is 11.3. The molecule has 4 rings (SSSR count). The molecule has 180 valence electrons. The van der Waals surface area contributed by atoms with Gasteiger partial charge in [-0.15, -0.1) is 24.0 Å². The van der Waals surface area contributed by atoms with Gasteiger partial charge in [0.1, 0.15) is 0 Å². The van der Waals surface area contributed by atoms with Gasteiger partial charge in [-0.3, -0.25) is 0 Å². The lowest BCUT2D eigenvalue weighted by molar-refractivity contribution is 0.156. The van der Waals surface area contributed by atoms with Gasteiger partial charge in [-0.2, -0.15) is 4.31 Å². The Labute approximate surface area is 210 Å². The maximum Gasteiger partial charge on any atom is 0.243 e. The Morgan fingerprint density at radius 3 is 2.69 bits per heavy atom. The number of sulfonamides is 1. The maximum atomic E-state index is 13.0. The minimum absolute atomic E-state index is 0. The van der Waals surface area contributed by atoms with E-state index in [9.17, 15) is 8.42 Å². The number of aliphatic imine (C=N–C) groups is 1. The third kappa shape index (κ3) is 5.77. The number of nitrogens with one attached hydrogen (secondary N) is 1. The first-order valence-electron chi connectivity index (χ1n) is 11.6. The Kier molecular flexibility index (Phi) is 8.85. The number of ether oxygens (including phenoxy) is 1. The summed E-state index contributed by atoms with van der Waals surface area (Å²) in [4.78, 5) is 7.56. The quantitative estimate of drug-likeness (QED) is 0.331. The molecule has 0 saturated carbocycles. The van der Waals surface area contributed by atoms with Crippen LogP contribution in [0.15, 0.2) is 34.2 Å². The molecule has 0 aromatic heterocycles. The summed E-state index contributed by atoms with van der Waals surface area (Å²) in [6.45, 7) is 10.5. The predicted molar refractivity (Wildman–Crippen MR) is 138 cm³/mol. The molecule has 2 atom stereocenters. The molecule has 1 aromatic rings. The third-order valence-corrected chi connectivity index (χ3v) is 8.73. The molecule has 0 amide bonds. The van der Waals surface area contributed by atoms with Crippen LogP contribution in [0.4, 0.5) is 0 Å². The van der Waals surface area contributed by atoms with E-state index in [-0.39, 0.29) is 29.4 Å². The van der Waals surface area contributed by atoms with Crippen molar-refractivity contribution < 1.29 is 13.2 Å². The molecule has 3 saturated heterocycles. The smallest absolute Gasteiger partial charge is 0.243 e. The average Bonchev–Trinajstić information content (AvgIpc) is 3.41. The van der Waals surface area contributed by atoms with E-state index < -0.39 is 10.0 Å². The summed E-state index contributed by atoms with van der Waals surface area (Å²) in [5, 5.41) is 3.42. The lowest BCUT2D eigenvalue weighted by atomic mass is 9.87. The molecule has 0 bridgehead atoms. The standard InChI is InChI=1S/C23H36N4O3S.HI/c1-3-24-22(26-13-10-23(17-26)11-14-30-18-23)25-15-20-6-8-21(9-7-20)31(28,29)27-12-4-5-19(2)16-27;/h6-9,19H,3-5,10-18H2,1-2H3,(H,24,25);1H. The number of piperidine rings is 1. The normalized spacial score (nSPS) is 27.0. The third-order valence-electron chi connectivity index (χ3n) is 6.85. The molecule has 1 spiro atoms. The van der Waals surface area contributed by atoms with E-state index in [0.29, 0.717) is 30.4 Å². The van der Waals surface area contributed by atoms with Crippen molar-refractivity contribution in [2.45, 2.75) is 51.0 Å². The molecule has 32 heavy (non-hydrogen) atoms. The zero-order valence-corrected chi connectivity index (χ0v) is 22.4. The molecule has 3 aliphatic rings. The van der Waals surface area contributed by atoms with Crippen molar-refractivity contribution in [3.8, 4) is 0 Å². The van der Waals surface area contributed by atoms with Crippen LogP contribution in [0.2, 0.25) is 0 Å². The summed E-state index contributed by atoms with van der Waals surface area (Å²) < 4.78 is 33.2.